The maximum Gasteiger partial charge on any atom is 0.238 e. The Balaban J connectivity index is 2.65. The molecule has 1 aromatic rings. The zero-order chi connectivity index (χ0) is 14.5. The molecular formula is C13H19NO4S. The van der Waals surface area contributed by atoms with Gasteiger partial charge in [0.05, 0.1) is 12.6 Å². The van der Waals surface area contributed by atoms with Crippen LogP contribution in [0.15, 0.2) is 30.3 Å². The molecule has 5 nitrogen and oxygen atoms in total. The number of aliphatic hydroxyl groups is 1. The summed E-state index contributed by atoms with van der Waals surface area (Å²) in [5, 5.41) is 10.7. The Morgan fingerprint density at radius 2 is 1.89 bits per heavy atom. The Morgan fingerprint density at radius 3 is 2.37 bits per heavy atom. The number of nitrogens with one attached hydrogen (secondary N) is 1. The first-order valence-corrected chi connectivity index (χ1v) is 7.94. The van der Waals surface area contributed by atoms with Crippen molar-refractivity contribution in [3.05, 3.63) is 35.9 Å². The van der Waals surface area contributed by atoms with E-state index in [9.17, 15) is 18.3 Å². The Hall–Kier alpha value is -1.40. The molecule has 0 spiro atoms. The van der Waals surface area contributed by atoms with Gasteiger partial charge in [-0.2, -0.15) is 0 Å². The highest BCUT2D eigenvalue weighted by molar-refractivity contribution is 7.92. The summed E-state index contributed by atoms with van der Waals surface area (Å²) >= 11 is 0. The van der Waals surface area contributed by atoms with Gasteiger partial charge in [-0.3, -0.25) is 4.79 Å². The van der Waals surface area contributed by atoms with Crippen molar-refractivity contribution in [2.24, 2.45) is 0 Å². The molecule has 0 aliphatic carbocycles. The molecule has 0 aliphatic heterocycles. The number of carbonyl (C=O) groups is 1. The summed E-state index contributed by atoms with van der Waals surface area (Å²) < 4.78 is 22.6. The van der Waals surface area contributed by atoms with Crippen LogP contribution in [0.4, 0.5) is 0 Å². The molecule has 1 unspecified atom stereocenters. The van der Waals surface area contributed by atoms with Gasteiger partial charge in [0, 0.05) is 6.26 Å². The first-order valence-electron chi connectivity index (χ1n) is 5.98. The lowest BCUT2D eigenvalue weighted by Gasteiger charge is -2.18. The second-order valence-electron chi connectivity index (χ2n) is 4.55. The minimum atomic E-state index is -3.42. The number of hydrogen-bond donors (Lipinski definition) is 2. The predicted octanol–water partition coefficient (Wildman–Crippen LogP) is 0.139. The Kier molecular flexibility index (Phi) is 5.50. The summed E-state index contributed by atoms with van der Waals surface area (Å²) in [7, 11) is -3.42. The quantitative estimate of drug-likeness (QED) is 0.779. The van der Waals surface area contributed by atoms with Crippen LogP contribution in [0.25, 0.3) is 0 Å². The fourth-order valence-corrected chi connectivity index (χ4v) is 2.03. The number of aliphatic hydroxyl groups excluding tert-OH is 1. The molecule has 2 atom stereocenters. The van der Waals surface area contributed by atoms with Crippen LogP contribution in [0.3, 0.4) is 0 Å². The second-order valence-corrected chi connectivity index (χ2v) is 6.92. The smallest absolute Gasteiger partial charge is 0.238 e. The SMILES string of the molecule is CC(C(=O)N[C@@H](CO)Cc1ccccc1)S(C)(=O)=O. The fraction of sp³-hybridized carbons (Fsp3) is 0.462. The average Bonchev–Trinajstić information content (AvgIpc) is 2.37. The van der Waals surface area contributed by atoms with Gasteiger partial charge in [0.2, 0.25) is 5.91 Å². The van der Waals surface area contributed by atoms with Crippen molar-refractivity contribution in [3.63, 3.8) is 0 Å². The van der Waals surface area contributed by atoms with Crippen molar-refractivity contribution in [2.75, 3.05) is 12.9 Å². The van der Waals surface area contributed by atoms with E-state index in [2.05, 4.69) is 5.32 Å². The van der Waals surface area contributed by atoms with Gasteiger partial charge in [-0.15, -0.1) is 0 Å². The zero-order valence-electron chi connectivity index (χ0n) is 11.0. The largest absolute Gasteiger partial charge is 0.394 e. The van der Waals surface area contributed by atoms with E-state index < -0.39 is 27.0 Å². The van der Waals surface area contributed by atoms with Crippen molar-refractivity contribution in [2.45, 2.75) is 24.6 Å². The van der Waals surface area contributed by atoms with E-state index in [0.29, 0.717) is 6.42 Å². The molecular weight excluding hydrogens is 266 g/mol. The van der Waals surface area contributed by atoms with Gasteiger partial charge in [-0.1, -0.05) is 30.3 Å². The van der Waals surface area contributed by atoms with Crippen LogP contribution in [-0.2, 0) is 21.1 Å². The number of sulfone groups is 1. The molecule has 0 fully saturated rings. The summed E-state index contributed by atoms with van der Waals surface area (Å²) in [4.78, 5) is 11.7. The second kappa shape index (κ2) is 6.68. The highest BCUT2D eigenvalue weighted by Crippen LogP contribution is 2.04. The zero-order valence-corrected chi connectivity index (χ0v) is 11.9. The Morgan fingerprint density at radius 1 is 1.32 bits per heavy atom. The molecule has 6 heteroatoms. The van der Waals surface area contributed by atoms with Gasteiger partial charge < -0.3 is 10.4 Å². The standard InChI is InChI=1S/C13H19NO4S/c1-10(19(2,17)18)13(16)14-12(9-15)8-11-6-4-3-5-7-11/h3-7,10,12,15H,8-9H2,1-2H3,(H,14,16)/t10?,12-/m1/s1. The van der Waals surface area contributed by atoms with Crippen LogP contribution in [0, 0.1) is 0 Å². The van der Waals surface area contributed by atoms with Gasteiger partial charge in [0.1, 0.15) is 5.25 Å². The third kappa shape index (κ3) is 5.00. The highest BCUT2D eigenvalue weighted by Gasteiger charge is 2.25. The minimum Gasteiger partial charge on any atom is -0.394 e. The molecule has 0 saturated carbocycles. The maximum atomic E-state index is 11.7. The number of hydrogen-bond acceptors (Lipinski definition) is 4. The molecule has 1 amide bonds. The first kappa shape index (κ1) is 15.7. The van der Waals surface area contributed by atoms with E-state index in [1.54, 1.807) is 0 Å². The highest BCUT2D eigenvalue weighted by atomic mass is 32.2. The monoisotopic (exact) mass is 285 g/mol. The lowest BCUT2D eigenvalue weighted by Crippen LogP contribution is -2.45. The summed E-state index contributed by atoms with van der Waals surface area (Å²) in [6.07, 6.45) is 1.47. The van der Waals surface area contributed by atoms with Crippen molar-refractivity contribution < 1.29 is 18.3 Å². The Bertz CT molecular complexity index is 513. The molecule has 0 bridgehead atoms. The van der Waals surface area contributed by atoms with Crippen LogP contribution < -0.4 is 5.32 Å². The van der Waals surface area contributed by atoms with Gasteiger partial charge in [-0.25, -0.2) is 8.42 Å². The molecule has 0 radical (unpaired) electrons. The number of benzene rings is 1. The van der Waals surface area contributed by atoms with Crippen molar-refractivity contribution in [3.8, 4) is 0 Å². The van der Waals surface area contributed by atoms with Crippen molar-refractivity contribution >= 4 is 15.7 Å². The van der Waals surface area contributed by atoms with E-state index in [4.69, 9.17) is 0 Å². The molecule has 0 saturated heterocycles. The van der Waals surface area contributed by atoms with E-state index in [-0.39, 0.29) is 6.61 Å². The number of carbonyl (C=O) groups excluding carboxylic acids is 1. The van der Waals surface area contributed by atoms with Gasteiger partial charge in [0.15, 0.2) is 9.84 Å². The third-order valence-corrected chi connectivity index (χ3v) is 4.40. The topological polar surface area (TPSA) is 83.5 Å². The Labute approximate surface area is 113 Å². The van der Waals surface area contributed by atoms with E-state index in [0.717, 1.165) is 11.8 Å². The minimum absolute atomic E-state index is 0.239. The number of rotatable bonds is 6. The van der Waals surface area contributed by atoms with Crippen molar-refractivity contribution in [1.82, 2.24) is 5.32 Å². The molecule has 0 aliphatic rings. The molecule has 0 aromatic heterocycles. The molecule has 106 valence electrons. The fourth-order valence-electron chi connectivity index (χ4n) is 1.57. The summed E-state index contributed by atoms with van der Waals surface area (Å²) in [6.45, 7) is 1.10. The summed E-state index contributed by atoms with van der Waals surface area (Å²) in [5.74, 6) is -0.586. The summed E-state index contributed by atoms with van der Waals surface area (Å²) in [5.41, 5.74) is 0.967. The molecule has 1 rings (SSSR count). The van der Waals surface area contributed by atoms with E-state index in [1.165, 1.54) is 6.92 Å². The van der Waals surface area contributed by atoms with Gasteiger partial charge in [0.25, 0.3) is 0 Å². The predicted molar refractivity (Wildman–Crippen MR) is 73.5 cm³/mol. The third-order valence-electron chi connectivity index (χ3n) is 2.90. The van der Waals surface area contributed by atoms with Crippen LogP contribution >= 0.6 is 0 Å². The number of amides is 1. The van der Waals surface area contributed by atoms with Crippen molar-refractivity contribution in [1.29, 1.82) is 0 Å². The van der Waals surface area contributed by atoms with E-state index in [1.807, 2.05) is 30.3 Å². The first-order chi connectivity index (χ1) is 8.84. The average molecular weight is 285 g/mol. The maximum absolute atomic E-state index is 11.7. The van der Waals surface area contributed by atoms with Gasteiger partial charge >= 0.3 is 0 Å². The van der Waals surface area contributed by atoms with E-state index >= 15 is 0 Å². The molecule has 2 N–H and O–H groups in total. The normalized spacial score (nSPS) is 14.7. The van der Waals surface area contributed by atoms with Gasteiger partial charge in [-0.05, 0) is 18.9 Å². The van der Waals surface area contributed by atoms with Crippen LogP contribution in [0.1, 0.15) is 12.5 Å². The molecule has 0 heterocycles. The van der Waals surface area contributed by atoms with Crippen LogP contribution in [0.5, 0.6) is 0 Å². The molecule has 19 heavy (non-hydrogen) atoms. The lowest BCUT2D eigenvalue weighted by atomic mass is 10.1. The van der Waals surface area contributed by atoms with Crippen LogP contribution in [-0.4, -0.2) is 43.6 Å². The summed E-state index contributed by atoms with van der Waals surface area (Å²) in [6, 6.07) is 8.89. The molecule has 1 aromatic carbocycles. The lowest BCUT2D eigenvalue weighted by molar-refractivity contribution is -0.121. The van der Waals surface area contributed by atoms with Crippen LogP contribution in [0.2, 0.25) is 0 Å².